The van der Waals surface area contributed by atoms with Gasteiger partial charge in [0.1, 0.15) is 11.4 Å². The Morgan fingerprint density at radius 2 is 1.86 bits per heavy atom. The number of methoxy groups -OCH3 is 1. The monoisotopic (exact) mass is 506 g/mol. The molecular formula is C28H31FN4O4. The van der Waals surface area contributed by atoms with Crippen molar-refractivity contribution in [3.63, 3.8) is 0 Å². The molecule has 1 amide bonds. The summed E-state index contributed by atoms with van der Waals surface area (Å²) in [6, 6.07) is 7.83. The normalized spacial score (nSPS) is 16.4. The number of benzene rings is 1. The summed E-state index contributed by atoms with van der Waals surface area (Å²) >= 11 is 0. The van der Waals surface area contributed by atoms with Gasteiger partial charge in [-0.1, -0.05) is 12.5 Å². The molecule has 1 fully saturated rings. The molecular weight excluding hydrogens is 475 g/mol. The van der Waals surface area contributed by atoms with Crippen molar-refractivity contribution in [2.45, 2.75) is 58.0 Å². The molecule has 1 saturated carbocycles. The van der Waals surface area contributed by atoms with Crippen molar-refractivity contribution in [3.8, 4) is 5.69 Å². The van der Waals surface area contributed by atoms with Crippen LogP contribution in [0.1, 0.15) is 74.1 Å². The topological polar surface area (TPSA) is 86.5 Å². The zero-order valence-corrected chi connectivity index (χ0v) is 21.6. The van der Waals surface area contributed by atoms with Gasteiger partial charge in [-0.3, -0.25) is 0 Å². The molecule has 0 atom stereocenters. The minimum Gasteiger partial charge on any atom is -0.464 e. The minimum absolute atomic E-state index is 0.170. The first kappa shape index (κ1) is 24.9. The van der Waals surface area contributed by atoms with Crippen LogP contribution in [0, 0.1) is 5.82 Å². The van der Waals surface area contributed by atoms with E-state index in [0.717, 1.165) is 41.5 Å². The van der Waals surface area contributed by atoms with E-state index in [1.807, 2.05) is 26.8 Å². The molecule has 0 saturated heterocycles. The van der Waals surface area contributed by atoms with Gasteiger partial charge < -0.3 is 14.4 Å². The molecule has 194 valence electrons. The lowest BCUT2D eigenvalue weighted by Crippen LogP contribution is -2.39. The van der Waals surface area contributed by atoms with Crippen LogP contribution in [0.15, 0.2) is 36.4 Å². The molecule has 0 spiro atoms. The van der Waals surface area contributed by atoms with Crippen molar-refractivity contribution >= 4 is 28.7 Å². The van der Waals surface area contributed by atoms with Crippen molar-refractivity contribution in [2.24, 2.45) is 0 Å². The van der Waals surface area contributed by atoms with Gasteiger partial charge in [-0.2, -0.15) is 5.10 Å². The lowest BCUT2D eigenvalue weighted by molar-refractivity contribution is 0.0270. The van der Waals surface area contributed by atoms with E-state index < -0.39 is 11.6 Å². The Balaban J connectivity index is 1.63. The molecule has 2 aliphatic rings. The third-order valence-electron chi connectivity index (χ3n) is 6.83. The summed E-state index contributed by atoms with van der Waals surface area (Å²) in [5, 5.41) is 5.83. The van der Waals surface area contributed by atoms with Gasteiger partial charge in [-0.15, -0.1) is 0 Å². The van der Waals surface area contributed by atoms with Crippen LogP contribution in [-0.4, -0.2) is 57.5 Å². The van der Waals surface area contributed by atoms with Crippen LogP contribution in [0.3, 0.4) is 0 Å². The third kappa shape index (κ3) is 4.95. The fourth-order valence-electron chi connectivity index (χ4n) is 4.74. The van der Waals surface area contributed by atoms with E-state index in [0.29, 0.717) is 30.8 Å². The van der Waals surface area contributed by atoms with E-state index in [9.17, 15) is 14.0 Å². The van der Waals surface area contributed by atoms with Gasteiger partial charge in [0.05, 0.1) is 23.9 Å². The molecule has 1 aliphatic heterocycles. The number of aromatic nitrogens is 3. The standard InChI is InChI=1S/C28H31FN4O4/c1-28(2,3)37-27(35)32-14-12-17(13-15-32)21-16-22(26(34)36-4)30-25-23(21)24(18-6-5-7-18)31-33(25)20-10-8-19(29)9-11-20/h8-12,16,18H,5-7,13-15H2,1-4H3. The van der Waals surface area contributed by atoms with Crippen LogP contribution >= 0.6 is 0 Å². The number of carbonyl (C=O) groups is 2. The van der Waals surface area contributed by atoms with Crippen LogP contribution in [0.4, 0.5) is 9.18 Å². The van der Waals surface area contributed by atoms with Gasteiger partial charge >= 0.3 is 12.1 Å². The maximum absolute atomic E-state index is 13.7. The Morgan fingerprint density at radius 1 is 1.14 bits per heavy atom. The molecule has 9 heteroatoms. The average molecular weight is 507 g/mol. The first-order valence-corrected chi connectivity index (χ1v) is 12.6. The predicted molar refractivity (Wildman–Crippen MR) is 137 cm³/mol. The van der Waals surface area contributed by atoms with E-state index >= 15 is 0 Å². The van der Waals surface area contributed by atoms with Gasteiger partial charge in [-0.05, 0) is 81.5 Å². The number of hydrogen-bond acceptors (Lipinski definition) is 6. The SMILES string of the molecule is COC(=O)c1cc(C2=CCN(C(=O)OC(C)(C)C)CC2)c2c(C3CCC3)nn(-c3ccc(F)cc3)c2n1. The van der Waals surface area contributed by atoms with Crippen molar-refractivity contribution in [1.29, 1.82) is 0 Å². The summed E-state index contributed by atoms with van der Waals surface area (Å²) in [5.41, 5.74) is 3.60. The van der Waals surface area contributed by atoms with E-state index in [2.05, 4.69) is 4.98 Å². The molecule has 1 aliphatic carbocycles. The van der Waals surface area contributed by atoms with Crippen molar-refractivity contribution in [1.82, 2.24) is 19.7 Å². The summed E-state index contributed by atoms with van der Waals surface area (Å²) < 4.78 is 25.9. The molecule has 0 unspecified atom stereocenters. The molecule has 2 aromatic heterocycles. The highest BCUT2D eigenvalue weighted by Crippen LogP contribution is 2.42. The summed E-state index contributed by atoms with van der Waals surface area (Å²) in [7, 11) is 1.32. The lowest BCUT2D eigenvalue weighted by atomic mass is 9.81. The van der Waals surface area contributed by atoms with E-state index in [1.165, 1.54) is 19.2 Å². The number of carbonyl (C=O) groups excluding carboxylic acids is 2. The number of amides is 1. The maximum Gasteiger partial charge on any atom is 0.410 e. The molecule has 1 aromatic carbocycles. The Morgan fingerprint density at radius 3 is 2.43 bits per heavy atom. The van der Waals surface area contributed by atoms with E-state index in [4.69, 9.17) is 14.6 Å². The van der Waals surface area contributed by atoms with Gasteiger partial charge in [0, 0.05) is 19.0 Å². The summed E-state index contributed by atoms with van der Waals surface area (Å²) in [6.07, 6.45) is 5.43. The molecule has 3 aromatic rings. The number of esters is 1. The largest absolute Gasteiger partial charge is 0.464 e. The molecule has 0 bridgehead atoms. The highest BCUT2D eigenvalue weighted by molar-refractivity contribution is 5.98. The first-order chi connectivity index (χ1) is 17.6. The zero-order chi connectivity index (χ0) is 26.3. The van der Waals surface area contributed by atoms with Gasteiger partial charge in [0.15, 0.2) is 11.3 Å². The van der Waals surface area contributed by atoms with Crippen LogP contribution in [0.25, 0.3) is 22.3 Å². The second-order valence-corrected chi connectivity index (χ2v) is 10.6. The zero-order valence-electron chi connectivity index (χ0n) is 21.6. The Bertz CT molecular complexity index is 1380. The first-order valence-electron chi connectivity index (χ1n) is 12.6. The van der Waals surface area contributed by atoms with E-state index in [-0.39, 0.29) is 23.5 Å². The number of nitrogens with zero attached hydrogens (tertiary/aromatic N) is 4. The maximum atomic E-state index is 13.7. The van der Waals surface area contributed by atoms with Crippen LogP contribution in [0.5, 0.6) is 0 Å². The van der Waals surface area contributed by atoms with Crippen LogP contribution in [-0.2, 0) is 9.47 Å². The smallest absolute Gasteiger partial charge is 0.410 e. The van der Waals surface area contributed by atoms with Crippen LogP contribution in [0.2, 0.25) is 0 Å². The number of hydrogen-bond donors (Lipinski definition) is 0. The predicted octanol–water partition coefficient (Wildman–Crippen LogP) is 5.64. The Labute approximate surface area is 215 Å². The van der Waals surface area contributed by atoms with Gasteiger partial charge in [-0.25, -0.2) is 23.6 Å². The second-order valence-electron chi connectivity index (χ2n) is 10.6. The van der Waals surface area contributed by atoms with Gasteiger partial charge in [0.25, 0.3) is 0 Å². The van der Waals surface area contributed by atoms with Crippen molar-refractivity contribution in [3.05, 3.63) is 59.2 Å². The molecule has 0 N–H and O–H groups in total. The quantitative estimate of drug-likeness (QED) is 0.426. The molecule has 5 rings (SSSR count). The fourth-order valence-corrected chi connectivity index (χ4v) is 4.74. The third-order valence-corrected chi connectivity index (χ3v) is 6.83. The summed E-state index contributed by atoms with van der Waals surface area (Å²) in [5.74, 6) is -0.603. The Hall–Kier alpha value is -3.75. The molecule has 0 radical (unpaired) electrons. The van der Waals surface area contributed by atoms with E-state index in [1.54, 1.807) is 27.8 Å². The van der Waals surface area contributed by atoms with Gasteiger partial charge in [0.2, 0.25) is 0 Å². The average Bonchev–Trinajstić information content (AvgIpc) is 3.20. The number of ether oxygens (including phenoxy) is 2. The highest BCUT2D eigenvalue weighted by Gasteiger charge is 2.31. The van der Waals surface area contributed by atoms with Crippen molar-refractivity contribution < 1.29 is 23.5 Å². The molecule has 8 nitrogen and oxygen atoms in total. The number of pyridine rings is 1. The molecule has 37 heavy (non-hydrogen) atoms. The van der Waals surface area contributed by atoms with Crippen LogP contribution < -0.4 is 0 Å². The number of rotatable bonds is 4. The minimum atomic E-state index is -0.569. The highest BCUT2D eigenvalue weighted by atomic mass is 19.1. The number of halogens is 1. The Kier molecular flexibility index (Phi) is 6.47. The second kappa shape index (κ2) is 9.61. The van der Waals surface area contributed by atoms with Crippen molar-refractivity contribution in [2.75, 3.05) is 20.2 Å². The fraction of sp³-hybridized carbons (Fsp3) is 0.429. The number of fused-ring (bicyclic) bond motifs is 1. The lowest BCUT2D eigenvalue weighted by Gasteiger charge is -2.30. The summed E-state index contributed by atoms with van der Waals surface area (Å²) in [6.45, 7) is 6.42. The summed E-state index contributed by atoms with van der Waals surface area (Å²) in [4.78, 5) is 31.5. The molecule has 3 heterocycles.